The van der Waals surface area contributed by atoms with E-state index in [0.29, 0.717) is 11.5 Å². The third-order valence-electron chi connectivity index (χ3n) is 2.10. The van der Waals surface area contributed by atoms with E-state index >= 15 is 0 Å². The smallest absolute Gasteiger partial charge is 0.264 e. The largest absolute Gasteiger partial charge is 0.508 e. The van der Waals surface area contributed by atoms with Gasteiger partial charge in [0.1, 0.15) is 11.5 Å². The van der Waals surface area contributed by atoms with E-state index in [1.807, 2.05) is 12.1 Å². The molecule has 0 aliphatic carbocycles. The Kier molecular flexibility index (Phi) is 7.45. The van der Waals surface area contributed by atoms with Crippen molar-refractivity contribution in [2.45, 2.75) is 0 Å². The van der Waals surface area contributed by atoms with Crippen LogP contribution in [0.15, 0.2) is 83.8 Å². The van der Waals surface area contributed by atoms with Crippen LogP contribution in [0, 0.1) is 0 Å². The molecule has 21 heavy (non-hydrogen) atoms. The van der Waals surface area contributed by atoms with Crippen molar-refractivity contribution >= 4 is 0 Å². The van der Waals surface area contributed by atoms with E-state index in [4.69, 9.17) is 10.2 Å². The monoisotopic (exact) mass is 284 g/mol. The molecule has 0 aliphatic rings. The van der Waals surface area contributed by atoms with Crippen molar-refractivity contribution in [3.05, 3.63) is 89.3 Å². The van der Waals surface area contributed by atoms with Crippen LogP contribution < -0.4 is 5.56 Å². The van der Waals surface area contributed by atoms with Crippen molar-refractivity contribution in [3.63, 3.8) is 0 Å². The van der Waals surface area contributed by atoms with E-state index in [9.17, 15) is 4.79 Å². The van der Waals surface area contributed by atoms with Crippen LogP contribution in [0.5, 0.6) is 11.5 Å². The first-order valence-corrected chi connectivity index (χ1v) is 6.16. The number of para-hydroxylation sites is 2. The van der Waals surface area contributed by atoms with E-state index < -0.39 is 0 Å². The number of nitrogens with one attached hydrogen (secondary N) is 1. The number of hydrogen-bond acceptors (Lipinski definition) is 4. The molecule has 1 aromatic heterocycles. The molecule has 0 amide bonds. The lowest BCUT2D eigenvalue weighted by Gasteiger charge is -1.82. The van der Waals surface area contributed by atoms with Gasteiger partial charge in [-0.3, -0.25) is 4.79 Å². The van der Waals surface area contributed by atoms with E-state index in [1.54, 1.807) is 54.6 Å². The van der Waals surface area contributed by atoms with E-state index in [1.165, 1.54) is 12.3 Å². The van der Waals surface area contributed by atoms with Gasteiger partial charge < -0.3 is 10.2 Å². The van der Waals surface area contributed by atoms with Crippen LogP contribution in [0.3, 0.4) is 0 Å². The maximum atomic E-state index is 10.2. The summed E-state index contributed by atoms with van der Waals surface area (Å²) in [6.07, 6.45) is 1.52. The summed E-state index contributed by atoms with van der Waals surface area (Å²) >= 11 is 0. The fourth-order valence-electron chi connectivity index (χ4n) is 1.17. The van der Waals surface area contributed by atoms with Crippen molar-refractivity contribution in [2.75, 3.05) is 0 Å². The van der Waals surface area contributed by atoms with E-state index in [2.05, 4.69) is 10.2 Å². The first-order chi connectivity index (χ1) is 10.2. The second-order valence-corrected chi connectivity index (χ2v) is 3.78. The van der Waals surface area contributed by atoms with Crippen molar-refractivity contribution in [2.24, 2.45) is 0 Å². The summed E-state index contributed by atoms with van der Waals surface area (Å²) in [6.45, 7) is 0. The number of aromatic amines is 1. The molecule has 5 nitrogen and oxygen atoms in total. The molecule has 0 unspecified atom stereocenters. The summed E-state index contributed by atoms with van der Waals surface area (Å²) in [6, 6.07) is 20.4. The average molecular weight is 284 g/mol. The highest BCUT2D eigenvalue weighted by molar-refractivity contribution is 5.19. The molecular weight excluding hydrogens is 268 g/mol. The molecule has 108 valence electrons. The highest BCUT2D eigenvalue weighted by Crippen LogP contribution is 2.03. The lowest BCUT2D eigenvalue weighted by Crippen LogP contribution is -2.02. The first kappa shape index (κ1) is 16.0. The SMILES string of the molecule is O=c1cccn[nH]1.Oc1ccccc1.Oc1ccccc1. The molecule has 0 saturated carbocycles. The maximum Gasteiger partial charge on any atom is 0.264 e. The lowest BCUT2D eigenvalue weighted by molar-refractivity contribution is 0.475. The molecule has 0 atom stereocenters. The Hall–Kier alpha value is -3.08. The van der Waals surface area contributed by atoms with Gasteiger partial charge in [0.05, 0.1) is 0 Å². The molecule has 0 saturated heterocycles. The highest BCUT2D eigenvalue weighted by atomic mass is 16.3. The fraction of sp³-hybridized carbons (Fsp3) is 0. The van der Waals surface area contributed by atoms with Crippen molar-refractivity contribution < 1.29 is 10.2 Å². The van der Waals surface area contributed by atoms with Crippen LogP contribution in [-0.4, -0.2) is 20.4 Å². The van der Waals surface area contributed by atoms with Crippen LogP contribution >= 0.6 is 0 Å². The number of nitrogens with zero attached hydrogens (tertiary/aromatic N) is 1. The van der Waals surface area contributed by atoms with Gasteiger partial charge in [0.15, 0.2) is 0 Å². The molecule has 0 fully saturated rings. The van der Waals surface area contributed by atoms with Gasteiger partial charge in [-0.15, -0.1) is 0 Å². The Morgan fingerprint density at radius 2 is 1.19 bits per heavy atom. The van der Waals surface area contributed by atoms with Gasteiger partial charge in [-0.05, 0) is 30.3 Å². The Labute approximate surface area is 122 Å². The maximum absolute atomic E-state index is 10.2. The van der Waals surface area contributed by atoms with Crippen LogP contribution in [-0.2, 0) is 0 Å². The zero-order chi connectivity index (χ0) is 15.3. The van der Waals surface area contributed by atoms with Crippen molar-refractivity contribution in [1.82, 2.24) is 10.2 Å². The quantitative estimate of drug-likeness (QED) is 0.592. The normalized spacial score (nSPS) is 8.57. The minimum absolute atomic E-state index is 0.164. The van der Waals surface area contributed by atoms with E-state index in [-0.39, 0.29) is 5.56 Å². The van der Waals surface area contributed by atoms with Gasteiger partial charge >= 0.3 is 0 Å². The number of aromatic nitrogens is 2. The number of H-pyrrole nitrogens is 1. The van der Waals surface area contributed by atoms with E-state index in [0.717, 1.165) is 0 Å². The van der Waals surface area contributed by atoms with Gasteiger partial charge in [-0.25, -0.2) is 5.10 Å². The minimum Gasteiger partial charge on any atom is -0.508 e. The fourth-order valence-corrected chi connectivity index (χ4v) is 1.17. The predicted octanol–water partition coefficient (Wildman–Crippen LogP) is 2.55. The number of benzene rings is 2. The Bertz CT molecular complexity index is 600. The summed E-state index contributed by atoms with van der Waals surface area (Å²) in [4.78, 5) is 10.2. The third-order valence-corrected chi connectivity index (χ3v) is 2.10. The number of phenols is 2. The molecule has 3 N–H and O–H groups in total. The van der Waals surface area contributed by atoms with Gasteiger partial charge in [0, 0.05) is 12.3 Å². The molecule has 3 rings (SSSR count). The topological polar surface area (TPSA) is 86.2 Å². The van der Waals surface area contributed by atoms with Crippen LogP contribution in [0.4, 0.5) is 0 Å². The second kappa shape index (κ2) is 9.80. The Morgan fingerprint density at radius 1 is 0.714 bits per heavy atom. The molecule has 0 aliphatic heterocycles. The molecule has 2 aromatic carbocycles. The average Bonchev–Trinajstić information content (AvgIpc) is 2.51. The molecule has 0 spiro atoms. The molecule has 3 aromatic rings. The minimum atomic E-state index is -0.164. The lowest BCUT2D eigenvalue weighted by atomic mass is 10.3. The van der Waals surface area contributed by atoms with Crippen LogP contribution in [0.2, 0.25) is 0 Å². The summed E-state index contributed by atoms with van der Waals surface area (Å²) in [5.74, 6) is 0.644. The summed E-state index contributed by atoms with van der Waals surface area (Å²) in [7, 11) is 0. The third kappa shape index (κ3) is 8.61. The number of hydrogen-bond donors (Lipinski definition) is 3. The van der Waals surface area contributed by atoms with Gasteiger partial charge in [0.25, 0.3) is 5.56 Å². The Morgan fingerprint density at radius 3 is 1.38 bits per heavy atom. The Balaban J connectivity index is 0.000000157. The number of rotatable bonds is 0. The summed E-state index contributed by atoms with van der Waals surface area (Å²) < 4.78 is 0. The van der Waals surface area contributed by atoms with Gasteiger partial charge in [-0.1, -0.05) is 36.4 Å². The molecular formula is C16H16N2O3. The number of aromatic hydroxyl groups is 2. The van der Waals surface area contributed by atoms with Gasteiger partial charge in [-0.2, -0.15) is 5.10 Å². The highest BCUT2D eigenvalue weighted by Gasteiger charge is 1.75. The summed E-state index contributed by atoms with van der Waals surface area (Å²) in [5, 5.41) is 22.9. The summed E-state index contributed by atoms with van der Waals surface area (Å²) in [5.41, 5.74) is -0.164. The van der Waals surface area contributed by atoms with Crippen LogP contribution in [0.1, 0.15) is 0 Å². The molecule has 1 heterocycles. The van der Waals surface area contributed by atoms with Crippen LogP contribution in [0.25, 0.3) is 0 Å². The predicted molar refractivity (Wildman–Crippen MR) is 81.1 cm³/mol. The van der Waals surface area contributed by atoms with Crippen molar-refractivity contribution in [3.8, 4) is 11.5 Å². The van der Waals surface area contributed by atoms with Crippen molar-refractivity contribution in [1.29, 1.82) is 0 Å². The zero-order valence-electron chi connectivity index (χ0n) is 11.3. The first-order valence-electron chi connectivity index (χ1n) is 6.16. The number of phenolic OH excluding ortho intramolecular Hbond substituents is 2. The molecule has 0 radical (unpaired) electrons. The van der Waals surface area contributed by atoms with Gasteiger partial charge in [0.2, 0.25) is 0 Å². The molecule has 5 heteroatoms. The standard InChI is InChI=1S/2C6H6O.C4H4N2O/c2*7-6-4-2-1-3-5-6;7-4-2-1-3-5-6-4/h2*1-5,7H;1-3H,(H,6,7). The molecule has 0 bridgehead atoms. The zero-order valence-corrected chi connectivity index (χ0v) is 11.3. The second-order valence-electron chi connectivity index (χ2n) is 3.78.